The lowest BCUT2D eigenvalue weighted by atomic mass is 10.1. The SMILES string of the molecule is Cc1cc(=O)n(CC(=O)Nc2ccccc2C(F)(F)F)c(Nc2ccc(F)c(C)c2)n1. The van der Waals surface area contributed by atoms with Crippen LogP contribution in [0.1, 0.15) is 16.8 Å². The first-order valence-corrected chi connectivity index (χ1v) is 9.12. The molecule has 0 saturated carbocycles. The Hall–Kier alpha value is -3.69. The van der Waals surface area contributed by atoms with E-state index in [1.165, 1.54) is 36.4 Å². The summed E-state index contributed by atoms with van der Waals surface area (Å²) >= 11 is 0. The van der Waals surface area contributed by atoms with Gasteiger partial charge in [0.1, 0.15) is 12.4 Å². The van der Waals surface area contributed by atoms with Crippen LogP contribution in [-0.4, -0.2) is 15.5 Å². The molecule has 3 aromatic rings. The van der Waals surface area contributed by atoms with Crippen molar-refractivity contribution in [3.05, 3.63) is 81.5 Å². The summed E-state index contributed by atoms with van der Waals surface area (Å²) < 4.78 is 53.9. The molecule has 1 amide bonds. The molecule has 0 aliphatic rings. The van der Waals surface area contributed by atoms with Crippen molar-refractivity contribution in [3.8, 4) is 0 Å². The Labute approximate surface area is 174 Å². The number of nitrogens with zero attached hydrogens (tertiary/aromatic N) is 2. The van der Waals surface area contributed by atoms with E-state index >= 15 is 0 Å². The molecule has 31 heavy (non-hydrogen) atoms. The molecular weight excluding hydrogens is 416 g/mol. The van der Waals surface area contributed by atoms with Gasteiger partial charge in [0.25, 0.3) is 5.56 Å². The van der Waals surface area contributed by atoms with Crippen LogP contribution in [0.15, 0.2) is 53.3 Å². The third-order valence-corrected chi connectivity index (χ3v) is 4.36. The van der Waals surface area contributed by atoms with Crippen molar-refractivity contribution in [1.29, 1.82) is 0 Å². The van der Waals surface area contributed by atoms with Gasteiger partial charge in [0, 0.05) is 17.4 Å². The number of hydrogen-bond donors (Lipinski definition) is 2. The molecule has 2 N–H and O–H groups in total. The van der Waals surface area contributed by atoms with Crippen molar-refractivity contribution in [2.45, 2.75) is 26.6 Å². The van der Waals surface area contributed by atoms with Gasteiger partial charge in [-0.3, -0.25) is 14.2 Å². The number of carbonyl (C=O) groups excluding carboxylic acids is 1. The highest BCUT2D eigenvalue weighted by Crippen LogP contribution is 2.34. The fraction of sp³-hybridized carbons (Fsp3) is 0.190. The van der Waals surface area contributed by atoms with E-state index < -0.39 is 41.3 Å². The molecule has 0 atom stereocenters. The quantitative estimate of drug-likeness (QED) is 0.584. The number of carbonyl (C=O) groups is 1. The van der Waals surface area contributed by atoms with E-state index in [-0.39, 0.29) is 5.95 Å². The third kappa shape index (κ3) is 5.27. The molecule has 6 nitrogen and oxygen atoms in total. The lowest BCUT2D eigenvalue weighted by molar-refractivity contribution is -0.137. The smallest absolute Gasteiger partial charge is 0.326 e. The summed E-state index contributed by atoms with van der Waals surface area (Å²) in [4.78, 5) is 29.1. The molecule has 0 aliphatic carbocycles. The van der Waals surface area contributed by atoms with Crippen LogP contribution in [0.2, 0.25) is 0 Å². The first-order valence-electron chi connectivity index (χ1n) is 9.12. The molecule has 0 aliphatic heterocycles. The fourth-order valence-corrected chi connectivity index (χ4v) is 2.89. The Balaban J connectivity index is 1.89. The van der Waals surface area contributed by atoms with E-state index in [0.717, 1.165) is 16.7 Å². The van der Waals surface area contributed by atoms with Gasteiger partial charge in [-0.1, -0.05) is 12.1 Å². The molecule has 0 bridgehead atoms. The maximum absolute atomic E-state index is 13.5. The standard InChI is InChI=1S/C21H18F4N4O2/c1-12-9-14(7-8-16(12)22)27-20-26-13(2)10-19(31)29(20)11-18(30)28-17-6-4-3-5-15(17)21(23,24)25/h3-10H,11H2,1-2H3,(H,26,27)(H,28,30). The normalized spacial score (nSPS) is 11.3. The first kappa shape index (κ1) is 22.0. The Morgan fingerprint density at radius 1 is 1.10 bits per heavy atom. The van der Waals surface area contributed by atoms with Gasteiger partial charge in [-0.05, 0) is 49.7 Å². The van der Waals surface area contributed by atoms with Crippen LogP contribution in [0.3, 0.4) is 0 Å². The zero-order valence-electron chi connectivity index (χ0n) is 16.5. The molecule has 0 saturated heterocycles. The fourth-order valence-electron chi connectivity index (χ4n) is 2.89. The van der Waals surface area contributed by atoms with Gasteiger partial charge in [-0.25, -0.2) is 9.37 Å². The lowest BCUT2D eigenvalue weighted by Gasteiger charge is -2.16. The monoisotopic (exact) mass is 434 g/mol. The molecule has 3 rings (SSSR count). The number of amides is 1. The van der Waals surface area contributed by atoms with Crippen LogP contribution >= 0.6 is 0 Å². The van der Waals surface area contributed by atoms with E-state index in [4.69, 9.17) is 0 Å². The summed E-state index contributed by atoms with van der Waals surface area (Å²) in [6, 6.07) is 9.88. The highest BCUT2D eigenvalue weighted by Gasteiger charge is 2.33. The Morgan fingerprint density at radius 3 is 2.48 bits per heavy atom. The second-order valence-corrected chi connectivity index (χ2v) is 6.83. The minimum absolute atomic E-state index is 0.00438. The Kier molecular flexibility index (Phi) is 6.09. The maximum Gasteiger partial charge on any atom is 0.418 e. The Morgan fingerprint density at radius 2 is 1.81 bits per heavy atom. The van der Waals surface area contributed by atoms with Crippen LogP contribution in [0.25, 0.3) is 0 Å². The van der Waals surface area contributed by atoms with E-state index in [1.807, 2.05) is 0 Å². The number of benzene rings is 2. The van der Waals surface area contributed by atoms with Gasteiger partial charge in [0.2, 0.25) is 11.9 Å². The van der Waals surface area contributed by atoms with Crippen molar-refractivity contribution in [1.82, 2.24) is 9.55 Å². The summed E-state index contributed by atoms with van der Waals surface area (Å²) in [5, 5.41) is 5.04. The number of halogens is 4. The minimum Gasteiger partial charge on any atom is -0.326 e. The summed E-state index contributed by atoms with van der Waals surface area (Å²) in [5.41, 5.74) is -0.853. The summed E-state index contributed by atoms with van der Waals surface area (Å²) in [6.45, 7) is 2.55. The highest BCUT2D eigenvalue weighted by molar-refractivity contribution is 5.91. The predicted molar refractivity (Wildman–Crippen MR) is 108 cm³/mol. The summed E-state index contributed by atoms with van der Waals surface area (Å²) in [7, 11) is 0. The zero-order chi connectivity index (χ0) is 22.8. The van der Waals surface area contributed by atoms with Crippen LogP contribution < -0.4 is 16.2 Å². The van der Waals surface area contributed by atoms with Crippen molar-refractivity contribution in [2.24, 2.45) is 0 Å². The molecule has 1 heterocycles. The minimum atomic E-state index is -4.65. The molecule has 0 fully saturated rings. The number of hydrogen-bond acceptors (Lipinski definition) is 4. The number of aromatic nitrogens is 2. The van der Waals surface area contributed by atoms with Crippen molar-refractivity contribution >= 4 is 23.2 Å². The molecule has 0 unspecified atom stereocenters. The maximum atomic E-state index is 13.5. The molecule has 0 spiro atoms. The van der Waals surface area contributed by atoms with Gasteiger partial charge in [0.05, 0.1) is 11.3 Å². The second kappa shape index (κ2) is 8.58. The van der Waals surface area contributed by atoms with Crippen LogP contribution in [0, 0.1) is 19.7 Å². The molecule has 162 valence electrons. The number of alkyl halides is 3. The largest absolute Gasteiger partial charge is 0.418 e. The molecule has 10 heteroatoms. The topological polar surface area (TPSA) is 76.0 Å². The van der Waals surface area contributed by atoms with Gasteiger partial charge in [-0.15, -0.1) is 0 Å². The number of para-hydroxylation sites is 1. The number of rotatable bonds is 5. The van der Waals surface area contributed by atoms with E-state index in [2.05, 4.69) is 15.6 Å². The summed E-state index contributed by atoms with van der Waals surface area (Å²) in [6.07, 6.45) is -4.65. The average Bonchev–Trinajstić information content (AvgIpc) is 2.67. The van der Waals surface area contributed by atoms with Crippen molar-refractivity contribution < 1.29 is 22.4 Å². The van der Waals surface area contributed by atoms with Crippen LogP contribution in [0.5, 0.6) is 0 Å². The summed E-state index contributed by atoms with van der Waals surface area (Å²) in [5.74, 6) is -1.26. The molecular formula is C21H18F4N4O2. The van der Waals surface area contributed by atoms with Crippen LogP contribution in [-0.2, 0) is 17.5 Å². The third-order valence-electron chi connectivity index (χ3n) is 4.36. The average molecular weight is 434 g/mol. The highest BCUT2D eigenvalue weighted by atomic mass is 19.4. The first-order chi connectivity index (χ1) is 14.5. The lowest BCUT2D eigenvalue weighted by Crippen LogP contribution is -2.30. The number of nitrogens with one attached hydrogen (secondary N) is 2. The van der Waals surface area contributed by atoms with E-state index in [1.54, 1.807) is 13.8 Å². The van der Waals surface area contributed by atoms with E-state index in [9.17, 15) is 27.2 Å². The zero-order valence-corrected chi connectivity index (χ0v) is 16.5. The van der Waals surface area contributed by atoms with Crippen molar-refractivity contribution in [2.75, 3.05) is 10.6 Å². The van der Waals surface area contributed by atoms with Gasteiger partial charge < -0.3 is 10.6 Å². The van der Waals surface area contributed by atoms with Gasteiger partial charge >= 0.3 is 6.18 Å². The Bertz CT molecular complexity index is 1190. The van der Waals surface area contributed by atoms with Gasteiger partial charge in [0.15, 0.2) is 0 Å². The predicted octanol–water partition coefficient (Wildman–Crippen LogP) is 4.40. The van der Waals surface area contributed by atoms with Crippen LogP contribution in [0.4, 0.5) is 34.9 Å². The molecule has 0 radical (unpaired) electrons. The van der Waals surface area contributed by atoms with Gasteiger partial charge in [-0.2, -0.15) is 13.2 Å². The number of aryl methyl sites for hydroxylation is 2. The molecule has 2 aromatic carbocycles. The molecule has 1 aromatic heterocycles. The van der Waals surface area contributed by atoms with E-state index in [0.29, 0.717) is 16.9 Å². The second-order valence-electron chi connectivity index (χ2n) is 6.83. The van der Waals surface area contributed by atoms with Crippen molar-refractivity contribution in [3.63, 3.8) is 0 Å². The number of anilines is 3.